The van der Waals surface area contributed by atoms with E-state index < -0.39 is 11.9 Å². The summed E-state index contributed by atoms with van der Waals surface area (Å²) in [4.78, 5) is 36.0. The molecular formula is C20H22N2O4. The van der Waals surface area contributed by atoms with Crippen LogP contribution >= 0.6 is 0 Å². The number of hydrogen-bond donors (Lipinski definition) is 2. The Kier molecular flexibility index (Phi) is 6.91. The zero-order chi connectivity index (χ0) is 18.9. The molecule has 0 aromatic heterocycles. The van der Waals surface area contributed by atoms with E-state index >= 15 is 0 Å². The number of nitrogens with one attached hydrogen (secondary N) is 2. The van der Waals surface area contributed by atoms with Gasteiger partial charge in [0.15, 0.2) is 0 Å². The molecule has 0 radical (unpaired) electrons. The second-order valence-corrected chi connectivity index (χ2v) is 5.69. The monoisotopic (exact) mass is 354 g/mol. The van der Waals surface area contributed by atoms with E-state index in [0.29, 0.717) is 5.69 Å². The number of ether oxygens (including phenoxy) is 1. The highest BCUT2D eigenvalue weighted by molar-refractivity contribution is 6.02. The van der Waals surface area contributed by atoms with E-state index in [9.17, 15) is 14.4 Å². The van der Waals surface area contributed by atoms with E-state index in [2.05, 4.69) is 10.6 Å². The molecule has 0 bridgehead atoms. The first-order chi connectivity index (χ1) is 12.5. The van der Waals surface area contributed by atoms with Gasteiger partial charge in [0.1, 0.15) is 0 Å². The molecule has 6 nitrogen and oxygen atoms in total. The molecule has 2 aromatic carbocycles. The Morgan fingerprint density at radius 1 is 0.962 bits per heavy atom. The topological polar surface area (TPSA) is 84.5 Å². The van der Waals surface area contributed by atoms with Gasteiger partial charge in [-0.3, -0.25) is 9.59 Å². The number of amides is 2. The minimum atomic E-state index is -0.507. The first-order valence-corrected chi connectivity index (χ1v) is 8.38. The van der Waals surface area contributed by atoms with E-state index in [0.717, 1.165) is 11.1 Å². The predicted molar refractivity (Wildman–Crippen MR) is 98.9 cm³/mol. The average molecular weight is 354 g/mol. The fraction of sp³-hybridized carbons (Fsp3) is 0.250. The lowest BCUT2D eigenvalue weighted by molar-refractivity contribution is -0.123. The molecule has 26 heavy (non-hydrogen) atoms. The minimum absolute atomic E-state index is 0.179. The van der Waals surface area contributed by atoms with Crippen LogP contribution in [0, 0.1) is 6.92 Å². The molecule has 0 saturated heterocycles. The molecule has 2 amide bonds. The number of benzene rings is 2. The third kappa shape index (κ3) is 5.44. The third-order valence-electron chi connectivity index (χ3n) is 3.75. The lowest BCUT2D eigenvalue weighted by atomic mass is 10.1. The number of para-hydroxylation sites is 1. The summed E-state index contributed by atoms with van der Waals surface area (Å²) in [6, 6.07) is 14.2. The number of carbonyl (C=O) groups is 3. The van der Waals surface area contributed by atoms with Gasteiger partial charge in [-0.1, -0.05) is 36.4 Å². The van der Waals surface area contributed by atoms with Crippen LogP contribution in [-0.2, 0) is 20.7 Å². The number of hydrogen-bond acceptors (Lipinski definition) is 4. The van der Waals surface area contributed by atoms with Crippen LogP contribution in [-0.4, -0.2) is 30.9 Å². The highest BCUT2D eigenvalue weighted by Gasteiger charge is 2.14. The first kappa shape index (κ1) is 19.2. The van der Waals surface area contributed by atoms with Gasteiger partial charge in [0, 0.05) is 0 Å². The summed E-state index contributed by atoms with van der Waals surface area (Å²) in [6.07, 6.45) is 0.208. The Hall–Kier alpha value is -3.15. The van der Waals surface area contributed by atoms with Crippen LogP contribution in [0.5, 0.6) is 0 Å². The van der Waals surface area contributed by atoms with Gasteiger partial charge < -0.3 is 15.4 Å². The smallest absolute Gasteiger partial charge is 0.340 e. The van der Waals surface area contributed by atoms with Crippen molar-refractivity contribution in [2.75, 3.05) is 18.5 Å². The lowest BCUT2D eigenvalue weighted by Gasteiger charge is -2.11. The van der Waals surface area contributed by atoms with E-state index in [1.807, 2.05) is 31.2 Å². The molecule has 2 N–H and O–H groups in total. The van der Waals surface area contributed by atoms with Gasteiger partial charge in [-0.05, 0) is 37.1 Å². The molecule has 0 fully saturated rings. The molecule has 0 unspecified atom stereocenters. The summed E-state index contributed by atoms with van der Waals surface area (Å²) in [6.45, 7) is 3.71. The molecule has 0 atom stereocenters. The van der Waals surface area contributed by atoms with Crippen molar-refractivity contribution < 1.29 is 19.1 Å². The zero-order valence-corrected chi connectivity index (χ0v) is 14.9. The summed E-state index contributed by atoms with van der Waals surface area (Å²) < 4.78 is 4.97. The number of anilines is 1. The van der Waals surface area contributed by atoms with Crippen molar-refractivity contribution in [1.29, 1.82) is 0 Å². The van der Waals surface area contributed by atoms with E-state index in [1.54, 1.807) is 31.2 Å². The molecule has 2 aromatic rings. The van der Waals surface area contributed by atoms with Gasteiger partial charge in [0.2, 0.25) is 11.8 Å². The van der Waals surface area contributed by atoms with Gasteiger partial charge in [-0.25, -0.2) is 4.79 Å². The fourth-order valence-corrected chi connectivity index (χ4v) is 2.40. The highest BCUT2D eigenvalue weighted by atomic mass is 16.5. The second-order valence-electron chi connectivity index (χ2n) is 5.69. The van der Waals surface area contributed by atoms with Crippen LogP contribution < -0.4 is 10.6 Å². The molecule has 0 aliphatic heterocycles. The van der Waals surface area contributed by atoms with Gasteiger partial charge in [0.25, 0.3) is 0 Å². The molecule has 6 heteroatoms. The van der Waals surface area contributed by atoms with Crippen LogP contribution in [0.3, 0.4) is 0 Å². The van der Waals surface area contributed by atoms with Crippen molar-refractivity contribution in [3.8, 4) is 0 Å². The van der Waals surface area contributed by atoms with Crippen molar-refractivity contribution in [1.82, 2.24) is 5.32 Å². The molecular weight excluding hydrogens is 332 g/mol. The maximum absolute atomic E-state index is 12.1. The molecule has 2 rings (SSSR count). The standard InChI is InChI=1S/C20H22N2O4/c1-3-26-20(25)16-10-6-7-11-17(16)22-19(24)13-21-18(23)12-15-9-5-4-8-14(15)2/h4-11H,3,12-13H2,1-2H3,(H,21,23)(H,22,24). The molecule has 0 heterocycles. The van der Waals surface area contributed by atoms with Crippen LogP contribution in [0.15, 0.2) is 48.5 Å². The predicted octanol–water partition coefficient (Wildman–Crippen LogP) is 2.47. The Balaban J connectivity index is 1.90. The van der Waals surface area contributed by atoms with E-state index in [1.165, 1.54) is 0 Å². The second kappa shape index (κ2) is 9.36. The number of aryl methyl sites for hydroxylation is 1. The third-order valence-corrected chi connectivity index (χ3v) is 3.75. The number of rotatable bonds is 7. The minimum Gasteiger partial charge on any atom is -0.462 e. The average Bonchev–Trinajstić information content (AvgIpc) is 2.62. The van der Waals surface area contributed by atoms with Gasteiger partial charge in [0.05, 0.1) is 30.8 Å². The Bertz CT molecular complexity index is 802. The van der Waals surface area contributed by atoms with Gasteiger partial charge in [-0.2, -0.15) is 0 Å². The van der Waals surface area contributed by atoms with Gasteiger partial charge in [-0.15, -0.1) is 0 Å². The molecule has 0 aliphatic rings. The van der Waals surface area contributed by atoms with E-state index in [4.69, 9.17) is 4.74 Å². The molecule has 0 spiro atoms. The van der Waals surface area contributed by atoms with Crippen molar-refractivity contribution in [2.45, 2.75) is 20.3 Å². The van der Waals surface area contributed by atoms with Crippen molar-refractivity contribution >= 4 is 23.5 Å². The zero-order valence-electron chi connectivity index (χ0n) is 14.9. The Morgan fingerprint density at radius 3 is 2.38 bits per heavy atom. The molecule has 136 valence electrons. The SMILES string of the molecule is CCOC(=O)c1ccccc1NC(=O)CNC(=O)Cc1ccccc1C. The fourth-order valence-electron chi connectivity index (χ4n) is 2.40. The van der Waals surface area contributed by atoms with E-state index in [-0.39, 0.29) is 31.0 Å². The lowest BCUT2D eigenvalue weighted by Crippen LogP contribution is -2.34. The van der Waals surface area contributed by atoms with Crippen LogP contribution in [0.1, 0.15) is 28.4 Å². The van der Waals surface area contributed by atoms with Crippen LogP contribution in [0.2, 0.25) is 0 Å². The summed E-state index contributed by atoms with van der Waals surface area (Å²) in [5, 5.41) is 5.21. The quantitative estimate of drug-likeness (QED) is 0.748. The van der Waals surface area contributed by atoms with Crippen molar-refractivity contribution in [3.05, 3.63) is 65.2 Å². The summed E-state index contributed by atoms with van der Waals surface area (Å²) in [5.74, 6) is -1.17. The maximum Gasteiger partial charge on any atom is 0.340 e. The number of carbonyl (C=O) groups excluding carboxylic acids is 3. The maximum atomic E-state index is 12.1. The molecule has 0 aliphatic carbocycles. The summed E-state index contributed by atoms with van der Waals surface area (Å²) >= 11 is 0. The Morgan fingerprint density at radius 2 is 1.65 bits per heavy atom. The highest BCUT2D eigenvalue weighted by Crippen LogP contribution is 2.16. The van der Waals surface area contributed by atoms with Crippen molar-refractivity contribution in [2.24, 2.45) is 0 Å². The summed E-state index contributed by atoms with van der Waals surface area (Å²) in [7, 11) is 0. The van der Waals surface area contributed by atoms with Crippen LogP contribution in [0.4, 0.5) is 5.69 Å². The number of esters is 1. The van der Waals surface area contributed by atoms with Gasteiger partial charge >= 0.3 is 5.97 Å². The summed E-state index contributed by atoms with van der Waals surface area (Å²) in [5.41, 5.74) is 2.56. The largest absolute Gasteiger partial charge is 0.462 e. The van der Waals surface area contributed by atoms with Crippen molar-refractivity contribution in [3.63, 3.8) is 0 Å². The normalized spacial score (nSPS) is 10.1. The first-order valence-electron chi connectivity index (χ1n) is 8.38. The van der Waals surface area contributed by atoms with Crippen LogP contribution in [0.25, 0.3) is 0 Å². The Labute approximate surface area is 152 Å². The molecule has 0 saturated carbocycles.